The van der Waals surface area contributed by atoms with Crippen molar-refractivity contribution in [2.24, 2.45) is 0 Å². The molecular formula is C8H10N2O. The lowest BCUT2D eigenvalue weighted by Crippen LogP contribution is -1.78. The van der Waals surface area contributed by atoms with Crippen LogP contribution in [0, 0.1) is 18.8 Å². The van der Waals surface area contributed by atoms with Gasteiger partial charge < -0.3 is 5.11 Å². The van der Waals surface area contributed by atoms with Gasteiger partial charge in [-0.05, 0) is 6.92 Å². The maximum Gasteiger partial charge on any atom is 0.0651 e. The number of nitrogens with zero attached hydrogens (tertiary/aromatic N) is 1. The van der Waals surface area contributed by atoms with Gasteiger partial charge in [0.25, 0.3) is 0 Å². The zero-order valence-corrected chi connectivity index (χ0v) is 6.39. The second-order valence-electron chi connectivity index (χ2n) is 2.18. The third kappa shape index (κ3) is 2.10. The van der Waals surface area contributed by atoms with E-state index in [1.807, 2.05) is 6.92 Å². The van der Waals surface area contributed by atoms with Crippen molar-refractivity contribution in [3.63, 3.8) is 0 Å². The molecule has 1 rings (SSSR count). The molecular weight excluding hydrogens is 140 g/mol. The summed E-state index contributed by atoms with van der Waals surface area (Å²) in [6, 6.07) is 0. The smallest absolute Gasteiger partial charge is 0.0651 e. The van der Waals surface area contributed by atoms with E-state index in [4.69, 9.17) is 5.11 Å². The van der Waals surface area contributed by atoms with Crippen LogP contribution in [-0.2, 0) is 0 Å². The minimum Gasteiger partial charge on any atom is -0.395 e. The summed E-state index contributed by atoms with van der Waals surface area (Å²) in [7, 11) is 0. The molecule has 2 N–H and O–H groups in total. The third-order valence-corrected chi connectivity index (χ3v) is 1.29. The predicted octanol–water partition coefficient (Wildman–Crippen LogP) is 0.452. The highest BCUT2D eigenvalue weighted by Gasteiger charge is 1.92. The van der Waals surface area contributed by atoms with Crippen LogP contribution in [0.25, 0.3) is 0 Å². The lowest BCUT2D eigenvalue weighted by Gasteiger charge is -1.82. The molecule has 1 heterocycles. The van der Waals surface area contributed by atoms with Gasteiger partial charge in [0, 0.05) is 12.1 Å². The Morgan fingerprint density at radius 1 is 1.73 bits per heavy atom. The summed E-state index contributed by atoms with van der Waals surface area (Å²) in [5, 5.41) is 15.0. The molecule has 0 spiro atoms. The van der Waals surface area contributed by atoms with Gasteiger partial charge in [0.05, 0.1) is 18.4 Å². The molecule has 0 saturated heterocycles. The Hall–Kier alpha value is -1.27. The first kappa shape index (κ1) is 7.83. The first-order valence-electron chi connectivity index (χ1n) is 3.44. The molecule has 11 heavy (non-hydrogen) atoms. The minimum atomic E-state index is 0.115. The largest absolute Gasteiger partial charge is 0.395 e. The van der Waals surface area contributed by atoms with Gasteiger partial charge in [-0.2, -0.15) is 5.10 Å². The number of H-pyrrole nitrogens is 1. The molecule has 0 saturated carbocycles. The highest BCUT2D eigenvalue weighted by Crippen LogP contribution is 1.98. The molecule has 0 amide bonds. The maximum atomic E-state index is 8.44. The van der Waals surface area contributed by atoms with Crippen molar-refractivity contribution < 1.29 is 5.11 Å². The Labute approximate surface area is 65.4 Å². The quantitative estimate of drug-likeness (QED) is 0.571. The summed E-state index contributed by atoms with van der Waals surface area (Å²) in [4.78, 5) is 0. The molecule has 58 valence electrons. The molecule has 0 aromatic carbocycles. The van der Waals surface area contributed by atoms with Crippen LogP contribution in [0.2, 0.25) is 0 Å². The van der Waals surface area contributed by atoms with E-state index in [9.17, 15) is 0 Å². The fourth-order valence-corrected chi connectivity index (χ4v) is 0.690. The van der Waals surface area contributed by atoms with Crippen LogP contribution in [0.5, 0.6) is 0 Å². The van der Waals surface area contributed by atoms with Crippen molar-refractivity contribution in [2.75, 3.05) is 6.61 Å². The second kappa shape index (κ2) is 3.79. The number of aliphatic hydroxyl groups is 1. The van der Waals surface area contributed by atoms with Gasteiger partial charge in [0.1, 0.15) is 0 Å². The van der Waals surface area contributed by atoms with Crippen LogP contribution in [0.4, 0.5) is 0 Å². The molecule has 0 radical (unpaired) electrons. The highest BCUT2D eigenvalue weighted by molar-refractivity contribution is 5.34. The Kier molecular flexibility index (Phi) is 2.70. The molecule has 0 unspecified atom stereocenters. The van der Waals surface area contributed by atoms with E-state index in [2.05, 4.69) is 22.0 Å². The van der Waals surface area contributed by atoms with E-state index < -0.39 is 0 Å². The lowest BCUT2D eigenvalue weighted by atomic mass is 10.2. The van der Waals surface area contributed by atoms with Gasteiger partial charge in [-0.1, -0.05) is 11.8 Å². The first-order chi connectivity index (χ1) is 5.34. The van der Waals surface area contributed by atoms with Gasteiger partial charge in [-0.15, -0.1) is 0 Å². The number of hydrogen-bond donors (Lipinski definition) is 2. The van der Waals surface area contributed by atoms with Crippen LogP contribution in [0.1, 0.15) is 17.7 Å². The Morgan fingerprint density at radius 3 is 3.09 bits per heavy atom. The molecule has 0 bridgehead atoms. The van der Waals surface area contributed by atoms with Crippen LogP contribution in [0.3, 0.4) is 0 Å². The average molecular weight is 150 g/mol. The summed E-state index contributed by atoms with van der Waals surface area (Å²) >= 11 is 0. The molecule has 1 aromatic rings. The zero-order valence-electron chi connectivity index (χ0n) is 6.39. The van der Waals surface area contributed by atoms with Gasteiger partial charge in [-0.25, -0.2) is 0 Å². The molecule has 0 atom stereocenters. The number of aryl methyl sites for hydroxylation is 1. The monoisotopic (exact) mass is 150 g/mol. The summed E-state index contributed by atoms with van der Waals surface area (Å²) in [5.74, 6) is 5.71. The Morgan fingerprint density at radius 2 is 2.55 bits per heavy atom. The minimum absolute atomic E-state index is 0.115. The number of aromatic nitrogens is 2. The van der Waals surface area contributed by atoms with Crippen molar-refractivity contribution >= 4 is 0 Å². The van der Waals surface area contributed by atoms with Crippen molar-refractivity contribution in [1.29, 1.82) is 0 Å². The van der Waals surface area contributed by atoms with Crippen molar-refractivity contribution in [3.8, 4) is 11.8 Å². The van der Waals surface area contributed by atoms with E-state index in [1.54, 1.807) is 6.20 Å². The third-order valence-electron chi connectivity index (χ3n) is 1.29. The van der Waals surface area contributed by atoms with Crippen molar-refractivity contribution in [1.82, 2.24) is 10.2 Å². The van der Waals surface area contributed by atoms with Crippen molar-refractivity contribution in [3.05, 3.63) is 17.5 Å². The molecule has 0 aliphatic carbocycles. The van der Waals surface area contributed by atoms with Crippen LogP contribution in [0.15, 0.2) is 6.20 Å². The normalized spacial score (nSPS) is 8.91. The number of rotatable bonds is 1. The molecule has 3 nitrogen and oxygen atoms in total. The molecule has 1 aromatic heterocycles. The second-order valence-corrected chi connectivity index (χ2v) is 2.18. The summed E-state index contributed by atoms with van der Waals surface area (Å²) in [6.45, 7) is 2.03. The topological polar surface area (TPSA) is 48.9 Å². The van der Waals surface area contributed by atoms with Crippen LogP contribution < -0.4 is 0 Å². The number of aromatic amines is 1. The van der Waals surface area contributed by atoms with Crippen molar-refractivity contribution in [2.45, 2.75) is 13.3 Å². The summed E-state index contributed by atoms with van der Waals surface area (Å²) in [6.07, 6.45) is 2.20. The number of hydrogen-bond acceptors (Lipinski definition) is 2. The summed E-state index contributed by atoms with van der Waals surface area (Å²) in [5.41, 5.74) is 1.87. The summed E-state index contributed by atoms with van der Waals surface area (Å²) < 4.78 is 0. The maximum absolute atomic E-state index is 8.44. The number of aliphatic hydroxyl groups excluding tert-OH is 1. The SMILES string of the molecule is Cc1[nH]ncc1C#CCCO. The lowest BCUT2D eigenvalue weighted by molar-refractivity contribution is 0.305. The van der Waals surface area contributed by atoms with Crippen LogP contribution >= 0.6 is 0 Å². The Balaban J connectivity index is 2.65. The predicted molar refractivity (Wildman–Crippen MR) is 41.9 cm³/mol. The fraction of sp³-hybridized carbons (Fsp3) is 0.375. The zero-order chi connectivity index (χ0) is 8.10. The van der Waals surface area contributed by atoms with E-state index in [0.29, 0.717) is 6.42 Å². The molecule has 0 fully saturated rings. The fourth-order valence-electron chi connectivity index (χ4n) is 0.690. The standard InChI is InChI=1S/C8H10N2O/c1-7-8(6-9-10-7)4-2-3-5-11/h6,11H,3,5H2,1H3,(H,9,10). The molecule has 0 aliphatic heterocycles. The van der Waals surface area contributed by atoms with E-state index >= 15 is 0 Å². The van der Waals surface area contributed by atoms with Crippen LogP contribution in [-0.4, -0.2) is 21.9 Å². The molecule has 0 aliphatic rings. The van der Waals surface area contributed by atoms with E-state index in [0.717, 1.165) is 11.3 Å². The van der Waals surface area contributed by atoms with E-state index in [1.165, 1.54) is 0 Å². The highest BCUT2D eigenvalue weighted by atomic mass is 16.2. The van der Waals surface area contributed by atoms with E-state index in [-0.39, 0.29) is 6.61 Å². The van der Waals surface area contributed by atoms with Gasteiger partial charge >= 0.3 is 0 Å². The number of nitrogens with one attached hydrogen (secondary N) is 1. The van der Waals surface area contributed by atoms with Gasteiger partial charge in [0.15, 0.2) is 0 Å². The van der Waals surface area contributed by atoms with Gasteiger partial charge in [-0.3, -0.25) is 5.10 Å². The Bertz CT molecular complexity index is 280. The first-order valence-corrected chi connectivity index (χ1v) is 3.44. The molecule has 3 heteroatoms. The average Bonchev–Trinajstić information content (AvgIpc) is 2.37. The van der Waals surface area contributed by atoms with Gasteiger partial charge in [0.2, 0.25) is 0 Å².